The third-order valence-corrected chi connectivity index (χ3v) is 2.78. The van der Waals surface area contributed by atoms with E-state index in [1.54, 1.807) is 18.2 Å². The van der Waals surface area contributed by atoms with Crippen LogP contribution < -0.4 is 0 Å². The summed E-state index contributed by atoms with van der Waals surface area (Å²) in [5, 5.41) is 8.82. The van der Waals surface area contributed by atoms with Gasteiger partial charge < -0.3 is 14.4 Å². The number of hydrogen-bond acceptors (Lipinski definition) is 3. The van der Waals surface area contributed by atoms with E-state index in [9.17, 15) is 9.59 Å². The zero-order valence-electron chi connectivity index (χ0n) is 9.20. The number of carbonyl (C=O) groups excluding carboxylic acids is 1. The molecule has 90 valence electrons. The third-order valence-electron chi connectivity index (χ3n) is 2.78. The second-order valence-electron chi connectivity index (χ2n) is 3.96. The van der Waals surface area contributed by atoms with Gasteiger partial charge in [0.2, 0.25) is 5.91 Å². The Morgan fingerprint density at radius 1 is 1.53 bits per heavy atom. The molecule has 1 aliphatic rings. The molecule has 0 saturated carbocycles. The standard InChI is InChI=1S/C12H13NO4/c14-11(4-3-10-2-1-7-17-10)13-6-5-9(8-13)12(15)16/h1-4,7,9H,5-6,8H2,(H,15,16)/b4-3-/t9-/m1/s1. The summed E-state index contributed by atoms with van der Waals surface area (Å²) in [5.74, 6) is -0.844. The molecule has 1 amide bonds. The van der Waals surface area contributed by atoms with E-state index in [1.807, 2.05) is 0 Å². The molecule has 0 aliphatic carbocycles. The van der Waals surface area contributed by atoms with E-state index >= 15 is 0 Å². The SMILES string of the molecule is O=C(O)[C@@H]1CCN(C(=O)/C=C\c2ccco2)C1. The second-order valence-corrected chi connectivity index (χ2v) is 3.96. The Hall–Kier alpha value is -2.04. The minimum atomic E-state index is -0.838. The molecule has 5 nitrogen and oxygen atoms in total. The van der Waals surface area contributed by atoms with Gasteiger partial charge in [0.25, 0.3) is 0 Å². The topological polar surface area (TPSA) is 70.8 Å². The molecule has 5 heteroatoms. The van der Waals surface area contributed by atoms with Gasteiger partial charge in [0, 0.05) is 19.2 Å². The number of aliphatic carboxylic acids is 1. The maximum atomic E-state index is 11.7. The molecular formula is C12H13NO4. The van der Waals surface area contributed by atoms with E-state index < -0.39 is 11.9 Å². The molecule has 0 unspecified atom stereocenters. The van der Waals surface area contributed by atoms with E-state index in [0.717, 1.165) is 0 Å². The molecule has 1 saturated heterocycles. The Balaban J connectivity index is 1.91. The molecule has 1 aliphatic heterocycles. The van der Waals surface area contributed by atoms with Gasteiger partial charge in [0.15, 0.2) is 0 Å². The van der Waals surface area contributed by atoms with Gasteiger partial charge in [-0.05, 0) is 24.6 Å². The monoisotopic (exact) mass is 235 g/mol. The van der Waals surface area contributed by atoms with Crippen LogP contribution in [0, 0.1) is 5.92 Å². The van der Waals surface area contributed by atoms with Crippen molar-refractivity contribution in [2.75, 3.05) is 13.1 Å². The molecule has 0 aromatic carbocycles. The summed E-state index contributed by atoms with van der Waals surface area (Å²) in [4.78, 5) is 24.0. The maximum absolute atomic E-state index is 11.7. The number of amides is 1. The number of furan rings is 1. The van der Waals surface area contributed by atoms with E-state index in [0.29, 0.717) is 18.7 Å². The Morgan fingerprint density at radius 3 is 2.94 bits per heavy atom. The molecule has 0 bridgehead atoms. The van der Waals surface area contributed by atoms with Crippen LogP contribution in [0.1, 0.15) is 12.2 Å². The lowest BCUT2D eigenvalue weighted by molar-refractivity contribution is -0.141. The van der Waals surface area contributed by atoms with Gasteiger partial charge in [0.1, 0.15) is 5.76 Å². The summed E-state index contributed by atoms with van der Waals surface area (Å²) in [5.41, 5.74) is 0. The van der Waals surface area contributed by atoms with Crippen molar-refractivity contribution in [1.29, 1.82) is 0 Å². The molecule has 1 N–H and O–H groups in total. The van der Waals surface area contributed by atoms with Crippen molar-refractivity contribution in [3.8, 4) is 0 Å². The first kappa shape index (κ1) is 11.4. The molecule has 2 heterocycles. The van der Waals surface area contributed by atoms with Crippen LogP contribution in [0.25, 0.3) is 6.08 Å². The summed E-state index contributed by atoms with van der Waals surface area (Å²) in [6.07, 6.45) is 5.04. The van der Waals surface area contributed by atoms with Gasteiger partial charge in [-0.1, -0.05) is 0 Å². The molecule has 1 fully saturated rings. The largest absolute Gasteiger partial charge is 0.481 e. The first-order chi connectivity index (χ1) is 8.16. The average Bonchev–Trinajstić information content (AvgIpc) is 2.96. The second kappa shape index (κ2) is 4.86. The van der Waals surface area contributed by atoms with Crippen molar-refractivity contribution < 1.29 is 19.1 Å². The first-order valence-electron chi connectivity index (χ1n) is 5.40. The molecule has 1 atom stereocenters. The Bertz CT molecular complexity index is 435. The number of carbonyl (C=O) groups is 2. The Kier molecular flexibility index (Phi) is 3.27. The van der Waals surface area contributed by atoms with Crippen LogP contribution in [0.3, 0.4) is 0 Å². The Morgan fingerprint density at radius 2 is 2.35 bits per heavy atom. The van der Waals surface area contributed by atoms with Crippen LogP contribution in [0.15, 0.2) is 28.9 Å². The summed E-state index contributed by atoms with van der Waals surface area (Å²) < 4.78 is 5.05. The lowest BCUT2D eigenvalue weighted by Crippen LogP contribution is -2.28. The van der Waals surface area contributed by atoms with Gasteiger partial charge in [0.05, 0.1) is 12.2 Å². The highest BCUT2D eigenvalue weighted by atomic mass is 16.4. The maximum Gasteiger partial charge on any atom is 0.308 e. The molecule has 0 spiro atoms. The summed E-state index contributed by atoms with van der Waals surface area (Å²) in [7, 11) is 0. The molecular weight excluding hydrogens is 222 g/mol. The first-order valence-corrected chi connectivity index (χ1v) is 5.40. The van der Waals surface area contributed by atoms with Gasteiger partial charge in [-0.25, -0.2) is 0 Å². The fraction of sp³-hybridized carbons (Fsp3) is 0.333. The fourth-order valence-corrected chi connectivity index (χ4v) is 1.81. The Labute approximate surface area is 98.3 Å². The van der Waals surface area contributed by atoms with E-state index in [1.165, 1.54) is 17.2 Å². The van der Waals surface area contributed by atoms with Gasteiger partial charge in [-0.2, -0.15) is 0 Å². The van der Waals surface area contributed by atoms with Crippen LogP contribution in [0.5, 0.6) is 0 Å². The number of likely N-dealkylation sites (tertiary alicyclic amines) is 1. The van der Waals surface area contributed by atoms with Crippen molar-refractivity contribution in [1.82, 2.24) is 4.90 Å². The summed E-state index contributed by atoms with van der Waals surface area (Å²) in [6.45, 7) is 0.787. The lowest BCUT2D eigenvalue weighted by Gasteiger charge is -2.12. The minimum absolute atomic E-state index is 0.176. The van der Waals surface area contributed by atoms with Crippen molar-refractivity contribution in [2.45, 2.75) is 6.42 Å². The van der Waals surface area contributed by atoms with Crippen molar-refractivity contribution in [3.05, 3.63) is 30.2 Å². The number of carboxylic acids is 1. The normalized spacial score (nSPS) is 20.0. The summed E-state index contributed by atoms with van der Waals surface area (Å²) in [6, 6.07) is 3.48. The van der Waals surface area contributed by atoms with Crippen molar-refractivity contribution in [2.24, 2.45) is 5.92 Å². The highest BCUT2D eigenvalue weighted by Crippen LogP contribution is 2.16. The number of nitrogens with zero attached hydrogens (tertiary/aromatic N) is 1. The molecule has 2 rings (SSSR count). The zero-order valence-corrected chi connectivity index (χ0v) is 9.20. The number of rotatable bonds is 3. The van der Waals surface area contributed by atoms with Gasteiger partial charge in [-0.15, -0.1) is 0 Å². The van der Waals surface area contributed by atoms with E-state index in [4.69, 9.17) is 9.52 Å². The highest BCUT2D eigenvalue weighted by molar-refractivity contribution is 5.92. The predicted molar refractivity (Wildman–Crippen MR) is 60.1 cm³/mol. The van der Waals surface area contributed by atoms with Crippen molar-refractivity contribution in [3.63, 3.8) is 0 Å². The van der Waals surface area contributed by atoms with E-state index in [-0.39, 0.29) is 12.5 Å². The molecule has 1 aromatic heterocycles. The fourth-order valence-electron chi connectivity index (χ4n) is 1.81. The van der Waals surface area contributed by atoms with Crippen LogP contribution in [0.2, 0.25) is 0 Å². The molecule has 0 radical (unpaired) electrons. The molecule has 1 aromatic rings. The average molecular weight is 235 g/mol. The minimum Gasteiger partial charge on any atom is -0.481 e. The zero-order chi connectivity index (χ0) is 12.3. The third kappa shape index (κ3) is 2.75. The smallest absolute Gasteiger partial charge is 0.308 e. The van der Waals surface area contributed by atoms with Crippen LogP contribution in [-0.2, 0) is 9.59 Å². The van der Waals surface area contributed by atoms with Crippen LogP contribution in [-0.4, -0.2) is 35.0 Å². The number of hydrogen-bond donors (Lipinski definition) is 1. The van der Waals surface area contributed by atoms with Gasteiger partial charge in [-0.3, -0.25) is 9.59 Å². The number of carboxylic acid groups (broad SMARTS) is 1. The highest BCUT2D eigenvalue weighted by Gasteiger charge is 2.29. The summed E-state index contributed by atoms with van der Waals surface area (Å²) >= 11 is 0. The van der Waals surface area contributed by atoms with E-state index in [2.05, 4.69) is 0 Å². The predicted octanol–water partition coefficient (Wildman–Crippen LogP) is 1.23. The van der Waals surface area contributed by atoms with Gasteiger partial charge >= 0.3 is 5.97 Å². The quantitative estimate of drug-likeness (QED) is 0.800. The molecule has 17 heavy (non-hydrogen) atoms. The van der Waals surface area contributed by atoms with Crippen LogP contribution in [0.4, 0.5) is 0 Å². The lowest BCUT2D eigenvalue weighted by atomic mass is 10.1. The van der Waals surface area contributed by atoms with Crippen molar-refractivity contribution >= 4 is 18.0 Å². The van der Waals surface area contributed by atoms with Crippen LogP contribution >= 0.6 is 0 Å².